The molecule has 1 atom stereocenters. The van der Waals surface area contributed by atoms with Crippen LogP contribution in [0.25, 0.3) is 22.3 Å². The van der Waals surface area contributed by atoms with E-state index in [0.717, 1.165) is 23.3 Å². The van der Waals surface area contributed by atoms with Crippen molar-refractivity contribution in [1.82, 2.24) is 0 Å². The van der Waals surface area contributed by atoms with Crippen LogP contribution in [0.3, 0.4) is 0 Å². The average molecular weight is 425 g/mol. The van der Waals surface area contributed by atoms with E-state index < -0.39 is 11.6 Å². The van der Waals surface area contributed by atoms with Crippen LogP contribution in [-0.2, 0) is 0 Å². The summed E-state index contributed by atoms with van der Waals surface area (Å²) in [5.74, 6) is -1.12. The quantitative estimate of drug-likeness (QED) is 0.307. The Morgan fingerprint density at radius 3 is 1.97 bits per heavy atom. The molecule has 164 valence electrons. The van der Waals surface area contributed by atoms with Crippen molar-refractivity contribution in [1.29, 1.82) is 0 Å². The molecule has 3 rings (SSSR count). The molecule has 3 aromatic rings. The predicted octanol–water partition coefficient (Wildman–Crippen LogP) is 8.05. The Kier molecular flexibility index (Phi) is 8.05. The van der Waals surface area contributed by atoms with Crippen molar-refractivity contribution >= 4 is 0 Å². The highest BCUT2D eigenvalue weighted by atomic mass is 19.2. The van der Waals surface area contributed by atoms with Gasteiger partial charge in [-0.15, -0.1) is 0 Å². The molecule has 2 nitrogen and oxygen atoms in total. The molecule has 0 aliphatic carbocycles. The molecule has 0 amide bonds. The summed E-state index contributed by atoms with van der Waals surface area (Å²) in [5, 5.41) is 0. The van der Waals surface area contributed by atoms with Crippen molar-refractivity contribution < 1.29 is 18.3 Å². The Hall–Kier alpha value is -2.88. The van der Waals surface area contributed by atoms with E-state index in [1.165, 1.54) is 44.9 Å². The maximum atomic E-state index is 14.4. The minimum Gasteiger partial charge on any atom is -0.494 e. The highest BCUT2D eigenvalue weighted by Gasteiger charge is 2.15. The largest absolute Gasteiger partial charge is 0.494 e. The number of methoxy groups -OCH3 is 1. The lowest BCUT2D eigenvalue weighted by atomic mass is 9.99. The summed E-state index contributed by atoms with van der Waals surface area (Å²) in [6.45, 7) is 4.33. The molecule has 0 spiro atoms. The fraction of sp³-hybridized carbons (Fsp3) is 0.333. The van der Waals surface area contributed by atoms with E-state index >= 15 is 0 Å². The van der Waals surface area contributed by atoms with E-state index in [9.17, 15) is 8.78 Å². The zero-order valence-corrected chi connectivity index (χ0v) is 18.5. The molecule has 0 saturated carbocycles. The van der Waals surface area contributed by atoms with Crippen LogP contribution < -0.4 is 9.47 Å². The van der Waals surface area contributed by atoms with Gasteiger partial charge in [-0.2, -0.15) is 4.39 Å². The van der Waals surface area contributed by atoms with Crippen LogP contribution in [0, 0.1) is 11.6 Å². The third kappa shape index (κ3) is 5.84. The maximum Gasteiger partial charge on any atom is 0.201 e. The van der Waals surface area contributed by atoms with Gasteiger partial charge in [0.05, 0.1) is 13.2 Å². The van der Waals surface area contributed by atoms with Gasteiger partial charge in [-0.05, 0) is 60.7 Å². The molecule has 0 aliphatic heterocycles. The van der Waals surface area contributed by atoms with Crippen LogP contribution in [0.1, 0.15) is 46.0 Å². The summed E-state index contributed by atoms with van der Waals surface area (Å²) in [7, 11) is 1.32. The zero-order valence-electron chi connectivity index (χ0n) is 18.5. The van der Waals surface area contributed by atoms with Crippen molar-refractivity contribution in [2.45, 2.75) is 52.1 Å². The van der Waals surface area contributed by atoms with Gasteiger partial charge >= 0.3 is 0 Å². The monoisotopic (exact) mass is 424 g/mol. The van der Waals surface area contributed by atoms with Crippen LogP contribution in [-0.4, -0.2) is 13.2 Å². The number of unbranched alkanes of at least 4 members (excludes halogenated alkanes) is 3. The summed E-state index contributed by atoms with van der Waals surface area (Å²) >= 11 is 0. The third-order valence-corrected chi connectivity index (χ3v) is 5.45. The van der Waals surface area contributed by atoms with Crippen LogP contribution in [0.5, 0.6) is 11.5 Å². The summed E-state index contributed by atoms with van der Waals surface area (Å²) in [4.78, 5) is 0. The number of halogens is 2. The first kappa shape index (κ1) is 22.8. The van der Waals surface area contributed by atoms with Crippen molar-refractivity contribution in [3.05, 3.63) is 72.3 Å². The molecule has 0 aromatic heterocycles. The fourth-order valence-electron chi connectivity index (χ4n) is 3.63. The van der Waals surface area contributed by atoms with Crippen molar-refractivity contribution in [3.8, 4) is 33.8 Å². The van der Waals surface area contributed by atoms with Gasteiger partial charge < -0.3 is 9.47 Å². The second kappa shape index (κ2) is 10.9. The lowest BCUT2D eigenvalue weighted by Crippen LogP contribution is -2.11. The molecule has 0 N–H and O–H groups in total. The minimum absolute atomic E-state index is 0.101. The molecule has 0 fully saturated rings. The molecule has 31 heavy (non-hydrogen) atoms. The molecule has 0 bridgehead atoms. The predicted molar refractivity (Wildman–Crippen MR) is 123 cm³/mol. The Labute approximate surface area is 183 Å². The van der Waals surface area contributed by atoms with Gasteiger partial charge in [-0.3, -0.25) is 0 Å². The molecule has 0 heterocycles. The number of hydrogen-bond acceptors (Lipinski definition) is 2. The molecule has 3 aromatic carbocycles. The number of ether oxygens (including phenoxy) is 2. The SMILES string of the molecule is CCCCCC[C@@H](C)Oc1ccc(-c2ccc(-c3ccc(OC)c(F)c3F)cc2)cc1. The highest BCUT2D eigenvalue weighted by Crippen LogP contribution is 2.31. The van der Waals surface area contributed by atoms with E-state index in [1.807, 2.05) is 36.4 Å². The topological polar surface area (TPSA) is 18.5 Å². The average Bonchev–Trinajstić information content (AvgIpc) is 2.79. The van der Waals surface area contributed by atoms with Gasteiger partial charge in [0.15, 0.2) is 11.6 Å². The zero-order chi connectivity index (χ0) is 22.2. The summed E-state index contributed by atoms with van der Waals surface area (Å²) in [5.41, 5.74) is 2.86. The molecule has 0 radical (unpaired) electrons. The number of rotatable bonds is 10. The normalized spacial score (nSPS) is 11.9. The second-order valence-electron chi connectivity index (χ2n) is 7.82. The Bertz CT molecular complexity index is 966. The number of hydrogen-bond donors (Lipinski definition) is 0. The fourth-order valence-corrected chi connectivity index (χ4v) is 3.63. The first-order valence-corrected chi connectivity index (χ1v) is 10.9. The lowest BCUT2D eigenvalue weighted by molar-refractivity contribution is 0.206. The molecular weight excluding hydrogens is 394 g/mol. The van der Waals surface area contributed by atoms with Gasteiger partial charge in [0.2, 0.25) is 5.82 Å². The van der Waals surface area contributed by atoms with Crippen LogP contribution >= 0.6 is 0 Å². The minimum atomic E-state index is -0.973. The lowest BCUT2D eigenvalue weighted by Gasteiger charge is -2.15. The maximum absolute atomic E-state index is 14.4. The van der Waals surface area contributed by atoms with E-state index in [2.05, 4.69) is 13.8 Å². The molecule has 4 heteroatoms. The Morgan fingerprint density at radius 2 is 1.35 bits per heavy atom. The van der Waals surface area contributed by atoms with Gasteiger partial charge in [-0.25, -0.2) is 4.39 Å². The van der Waals surface area contributed by atoms with Gasteiger partial charge in [0.1, 0.15) is 5.75 Å². The molecule has 0 saturated heterocycles. The Morgan fingerprint density at radius 1 is 0.742 bits per heavy atom. The first-order chi connectivity index (χ1) is 15.0. The van der Waals surface area contributed by atoms with Gasteiger partial charge in [0.25, 0.3) is 0 Å². The summed E-state index contributed by atoms with van der Waals surface area (Å²) in [6, 6.07) is 18.3. The van der Waals surface area contributed by atoms with E-state index in [1.54, 1.807) is 12.1 Å². The summed E-state index contributed by atoms with van der Waals surface area (Å²) in [6.07, 6.45) is 6.22. The second-order valence-corrected chi connectivity index (χ2v) is 7.82. The highest BCUT2D eigenvalue weighted by molar-refractivity contribution is 5.71. The van der Waals surface area contributed by atoms with Crippen LogP contribution in [0.15, 0.2) is 60.7 Å². The standard InChI is InChI=1S/C27H30F2O2/c1-4-5-6-7-8-19(2)31-23-15-13-21(14-16-23)20-9-11-22(12-10-20)24-17-18-25(30-3)27(29)26(24)28/h9-19H,4-8H2,1-3H3/t19-/m1/s1. The van der Waals surface area contributed by atoms with E-state index in [4.69, 9.17) is 9.47 Å². The molecule has 0 unspecified atom stereocenters. The first-order valence-electron chi connectivity index (χ1n) is 10.9. The van der Waals surface area contributed by atoms with Crippen molar-refractivity contribution in [2.75, 3.05) is 7.11 Å². The van der Waals surface area contributed by atoms with Gasteiger partial charge in [-0.1, -0.05) is 62.6 Å². The smallest absolute Gasteiger partial charge is 0.201 e. The van der Waals surface area contributed by atoms with Crippen LogP contribution in [0.4, 0.5) is 8.78 Å². The summed E-state index contributed by atoms with van der Waals surface area (Å²) < 4.78 is 39.2. The van der Waals surface area contributed by atoms with E-state index in [0.29, 0.717) is 5.56 Å². The van der Waals surface area contributed by atoms with E-state index in [-0.39, 0.29) is 17.4 Å². The third-order valence-electron chi connectivity index (χ3n) is 5.45. The number of benzene rings is 3. The van der Waals surface area contributed by atoms with Crippen molar-refractivity contribution in [3.63, 3.8) is 0 Å². The Balaban J connectivity index is 1.66. The van der Waals surface area contributed by atoms with Crippen molar-refractivity contribution in [2.24, 2.45) is 0 Å². The van der Waals surface area contributed by atoms with Gasteiger partial charge in [0, 0.05) is 5.56 Å². The molecule has 0 aliphatic rings. The van der Waals surface area contributed by atoms with Crippen LogP contribution in [0.2, 0.25) is 0 Å². The molecular formula is C27H30F2O2.